The Hall–Kier alpha value is -2.24. The molecule has 6 heteroatoms. The highest BCUT2D eigenvalue weighted by Crippen LogP contribution is 2.22. The van der Waals surface area contributed by atoms with Crippen molar-refractivity contribution < 1.29 is 19.4 Å². The van der Waals surface area contributed by atoms with Crippen molar-refractivity contribution in [3.8, 4) is 5.75 Å². The molecule has 2 N–H and O–H groups in total. The van der Waals surface area contributed by atoms with Crippen molar-refractivity contribution in [2.75, 3.05) is 20.2 Å². The molecule has 1 aromatic rings. The number of ether oxygens (including phenoxy) is 1. The standard InChI is InChI=1S/C17H26N2O4/c1-11-7-6-8-12(2)15(11)23-10-14(4)18-17(22)19(5)9-13(3)16(20)21/h6-8,13-14H,9-10H2,1-5H3,(H,18,22)(H,20,21). The first-order valence-corrected chi connectivity index (χ1v) is 7.65. The van der Waals surface area contributed by atoms with Gasteiger partial charge in [0, 0.05) is 13.6 Å². The van der Waals surface area contributed by atoms with Crippen LogP contribution >= 0.6 is 0 Å². The average Bonchev–Trinajstić information content (AvgIpc) is 2.46. The number of nitrogens with zero attached hydrogens (tertiary/aromatic N) is 1. The van der Waals surface area contributed by atoms with Crippen molar-refractivity contribution in [3.63, 3.8) is 0 Å². The van der Waals surface area contributed by atoms with Crippen molar-refractivity contribution in [3.05, 3.63) is 29.3 Å². The van der Waals surface area contributed by atoms with Crippen LogP contribution in [0.3, 0.4) is 0 Å². The van der Waals surface area contributed by atoms with Gasteiger partial charge in [-0.1, -0.05) is 25.1 Å². The summed E-state index contributed by atoms with van der Waals surface area (Å²) in [4.78, 5) is 24.2. The third kappa shape index (κ3) is 5.81. The smallest absolute Gasteiger partial charge is 0.317 e. The SMILES string of the molecule is Cc1cccc(C)c1OCC(C)NC(=O)N(C)CC(C)C(=O)O. The first-order valence-electron chi connectivity index (χ1n) is 7.65. The molecule has 2 amide bonds. The fourth-order valence-electron chi connectivity index (χ4n) is 2.17. The number of hydrogen-bond donors (Lipinski definition) is 2. The molecule has 6 nitrogen and oxygen atoms in total. The van der Waals surface area contributed by atoms with Gasteiger partial charge in [0.1, 0.15) is 12.4 Å². The molecule has 0 saturated carbocycles. The molecule has 128 valence electrons. The quantitative estimate of drug-likeness (QED) is 0.808. The lowest BCUT2D eigenvalue weighted by molar-refractivity contribution is -0.141. The Bertz CT molecular complexity index is 539. The molecular weight excluding hydrogens is 296 g/mol. The second-order valence-electron chi connectivity index (χ2n) is 6.00. The van der Waals surface area contributed by atoms with Gasteiger partial charge in [0.05, 0.1) is 12.0 Å². The summed E-state index contributed by atoms with van der Waals surface area (Å²) >= 11 is 0. The number of amides is 2. The largest absolute Gasteiger partial charge is 0.491 e. The molecule has 0 aliphatic rings. The second kappa shape index (κ2) is 8.41. The average molecular weight is 322 g/mol. The molecule has 0 radical (unpaired) electrons. The second-order valence-corrected chi connectivity index (χ2v) is 6.00. The predicted molar refractivity (Wildman–Crippen MR) is 88.8 cm³/mol. The number of carbonyl (C=O) groups excluding carboxylic acids is 1. The Morgan fingerprint density at radius 2 is 1.83 bits per heavy atom. The Labute approximate surface area is 137 Å². The summed E-state index contributed by atoms with van der Waals surface area (Å²) in [5.74, 6) is -0.690. The van der Waals surface area contributed by atoms with E-state index in [9.17, 15) is 9.59 Å². The van der Waals surface area contributed by atoms with Gasteiger partial charge in [-0.3, -0.25) is 4.79 Å². The first kappa shape index (κ1) is 18.8. The third-order valence-corrected chi connectivity index (χ3v) is 3.57. The van der Waals surface area contributed by atoms with E-state index in [1.54, 1.807) is 14.0 Å². The van der Waals surface area contributed by atoms with E-state index in [1.807, 2.05) is 39.0 Å². The van der Waals surface area contributed by atoms with E-state index < -0.39 is 11.9 Å². The fraction of sp³-hybridized carbons (Fsp3) is 0.529. The normalized spacial score (nSPS) is 13.1. The molecule has 0 aliphatic carbocycles. The van der Waals surface area contributed by atoms with Gasteiger partial charge in [-0.25, -0.2) is 4.79 Å². The van der Waals surface area contributed by atoms with Crippen LogP contribution in [0, 0.1) is 19.8 Å². The summed E-state index contributed by atoms with van der Waals surface area (Å²) in [5.41, 5.74) is 2.10. The summed E-state index contributed by atoms with van der Waals surface area (Å²) in [5, 5.41) is 11.7. The van der Waals surface area contributed by atoms with Gasteiger partial charge in [-0.2, -0.15) is 0 Å². The molecule has 2 atom stereocenters. The zero-order valence-corrected chi connectivity index (χ0v) is 14.4. The summed E-state index contributed by atoms with van der Waals surface area (Å²) in [7, 11) is 1.58. The minimum Gasteiger partial charge on any atom is -0.491 e. The van der Waals surface area contributed by atoms with Crippen LogP contribution < -0.4 is 10.1 Å². The molecule has 1 rings (SSSR count). The van der Waals surface area contributed by atoms with Gasteiger partial charge < -0.3 is 20.1 Å². The number of carbonyl (C=O) groups is 2. The van der Waals surface area contributed by atoms with Crippen LogP contribution in [0.5, 0.6) is 5.75 Å². The van der Waals surface area contributed by atoms with Gasteiger partial charge in [-0.15, -0.1) is 0 Å². The molecule has 0 aliphatic heterocycles. The van der Waals surface area contributed by atoms with Crippen molar-refractivity contribution in [1.82, 2.24) is 10.2 Å². The lowest BCUT2D eigenvalue weighted by Gasteiger charge is -2.23. The van der Waals surface area contributed by atoms with E-state index in [0.717, 1.165) is 16.9 Å². The first-order chi connectivity index (χ1) is 10.7. The highest BCUT2D eigenvalue weighted by molar-refractivity contribution is 5.75. The third-order valence-electron chi connectivity index (χ3n) is 3.57. The maximum atomic E-state index is 12.0. The molecule has 0 aromatic heterocycles. The number of nitrogens with one attached hydrogen (secondary N) is 1. The number of rotatable bonds is 7. The number of carboxylic acid groups (broad SMARTS) is 1. The zero-order chi connectivity index (χ0) is 17.6. The number of aliphatic carboxylic acids is 1. The maximum Gasteiger partial charge on any atom is 0.317 e. The van der Waals surface area contributed by atoms with Crippen molar-refractivity contribution >= 4 is 12.0 Å². The van der Waals surface area contributed by atoms with E-state index in [2.05, 4.69) is 5.32 Å². The molecular formula is C17H26N2O4. The molecule has 0 bridgehead atoms. The molecule has 0 saturated heterocycles. The fourth-order valence-corrected chi connectivity index (χ4v) is 2.17. The van der Waals surface area contributed by atoms with E-state index in [1.165, 1.54) is 4.90 Å². The van der Waals surface area contributed by atoms with Gasteiger partial charge in [0.2, 0.25) is 0 Å². The van der Waals surface area contributed by atoms with E-state index in [-0.39, 0.29) is 18.6 Å². The lowest BCUT2D eigenvalue weighted by Crippen LogP contribution is -2.46. The summed E-state index contributed by atoms with van der Waals surface area (Å²) in [6.07, 6.45) is 0. The lowest BCUT2D eigenvalue weighted by atomic mass is 10.1. The van der Waals surface area contributed by atoms with Gasteiger partial charge in [0.15, 0.2) is 0 Å². The molecule has 1 aromatic carbocycles. The van der Waals surface area contributed by atoms with Gasteiger partial charge in [-0.05, 0) is 31.9 Å². The number of hydrogen-bond acceptors (Lipinski definition) is 3. The van der Waals surface area contributed by atoms with Crippen LogP contribution in [0.15, 0.2) is 18.2 Å². The van der Waals surface area contributed by atoms with Crippen molar-refractivity contribution in [1.29, 1.82) is 0 Å². The molecule has 0 heterocycles. The highest BCUT2D eigenvalue weighted by Gasteiger charge is 2.18. The van der Waals surface area contributed by atoms with Gasteiger partial charge in [0.25, 0.3) is 0 Å². The number of urea groups is 1. The van der Waals surface area contributed by atoms with Crippen LogP contribution in [-0.4, -0.2) is 48.2 Å². The topological polar surface area (TPSA) is 78.9 Å². The van der Waals surface area contributed by atoms with Crippen LogP contribution in [0.25, 0.3) is 0 Å². The number of carboxylic acids is 1. The maximum absolute atomic E-state index is 12.0. The molecule has 0 fully saturated rings. The predicted octanol–water partition coefficient (Wildman–Crippen LogP) is 2.43. The number of benzene rings is 1. The zero-order valence-electron chi connectivity index (χ0n) is 14.4. The summed E-state index contributed by atoms with van der Waals surface area (Å²) in [6.45, 7) is 7.88. The monoisotopic (exact) mass is 322 g/mol. The van der Waals surface area contributed by atoms with E-state index in [0.29, 0.717) is 6.61 Å². The van der Waals surface area contributed by atoms with Gasteiger partial charge >= 0.3 is 12.0 Å². The van der Waals surface area contributed by atoms with Crippen molar-refractivity contribution in [2.24, 2.45) is 5.92 Å². The summed E-state index contributed by atoms with van der Waals surface area (Å²) in [6, 6.07) is 5.43. The van der Waals surface area contributed by atoms with Crippen molar-refractivity contribution in [2.45, 2.75) is 33.7 Å². The number of para-hydroxylation sites is 1. The number of aryl methyl sites for hydroxylation is 2. The Morgan fingerprint density at radius 1 is 1.26 bits per heavy atom. The van der Waals surface area contributed by atoms with Crippen LogP contribution in [0.4, 0.5) is 4.79 Å². The molecule has 23 heavy (non-hydrogen) atoms. The van der Waals surface area contributed by atoms with Crippen LogP contribution in [0.2, 0.25) is 0 Å². The van der Waals surface area contributed by atoms with E-state index >= 15 is 0 Å². The molecule has 2 unspecified atom stereocenters. The minimum absolute atomic E-state index is 0.158. The Balaban J connectivity index is 2.48. The Morgan fingerprint density at radius 3 is 2.35 bits per heavy atom. The van der Waals surface area contributed by atoms with E-state index in [4.69, 9.17) is 9.84 Å². The van der Waals surface area contributed by atoms with Crippen LogP contribution in [-0.2, 0) is 4.79 Å². The molecule has 0 spiro atoms. The van der Waals surface area contributed by atoms with Crippen LogP contribution in [0.1, 0.15) is 25.0 Å². The Kier molecular flexibility index (Phi) is 6.88. The minimum atomic E-state index is -0.920. The highest BCUT2D eigenvalue weighted by atomic mass is 16.5. The summed E-state index contributed by atoms with van der Waals surface area (Å²) < 4.78 is 5.80.